The Morgan fingerprint density at radius 3 is 3.05 bits per heavy atom. The molecule has 4 nitrogen and oxygen atoms in total. The zero-order valence-electron chi connectivity index (χ0n) is 12.4. The highest BCUT2D eigenvalue weighted by molar-refractivity contribution is 5.43. The Bertz CT molecular complexity index is 587. The van der Waals surface area contributed by atoms with Crippen LogP contribution in [-0.2, 0) is 13.0 Å². The number of fused-ring (bicyclic) bond motifs is 1. The van der Waals surface area contributed by atoms with Gasteiger partial charge < -0.3 is 10.1 Å². The van der Waals surface area contributed by atoms with E-state index in [-0.39, 0.29) is 0 Å². The van der Waals surface area contributed by atoms with Crippen LogP contribution in [0.25, 0.3) is 5.65 Å². The topological polar surface area (TPSA) is 46.6 Å². The van der Waals surface area contributed by atoms with Crippen LogP contribution in [0.1, 0.15) is 37.9 Å². The molecule has 108 valence electrons. The van der Waals surface area contributed by atoms with Crippen LogP contribution in [0.15, 0.2) is 24.5 Å². The lowest BCUT2D eigenvalue weighted by molar-refractivity contribution is 0.202. The predicted molar refractivity (Wildman–Crippen MR) is 81.7 cm³/mol. The molecule has 0 saturated carbocycles. The minimum Gasteiger partial charge on any atom is -0.326 e. The van der Waals surface area contributed by atoms with Crippen molar-refractivity contribution in [1.29, 1.82) is 0 Å². The van der Waals surface area contributed by atoms with Gasteiger partial charge in [0.05, 0.1) is 5.69 Å². The van der Waals surface area contributed by atoms with Crippen molar-refractivity contribution in [3.05, 3.63) is 35.8 Å². The molecule has 2 aromatic heterocycles. The van der Waals surface area contributed by atoms with Crippen LogP contribution in [-0.4, -0.2) is 32.9 Å². The normalized spacial score (nSPS) is 20.3. The van der Waals surface area contributed by atoms with Crippen molar-refractivity contribution in [1.82, 2.24) is 14.3 Å². The molecule has 3 heterocycles. The average Bonchev–Trinajstić information content (AvgIpc) is 3.03. The molecule has 0 bridgehead atoms. The van der Waals surface area contributed by atoms with Crippen molar-refractivity contribution in [2.24, 2.45) is 5.73 Å². The van der Waals surface area contributed by atoms with Gasteiger partial charge in [0.15, 0.2) is 0 Å². The summed E-state index contributed by atoms with van der Waals surface area (Å²) in [5.41, 5.74) is 9.03. The van der Waals surface area contributed by atoms with E-state index in [0.717, 1.165) is 17.6 Å². The summed E-state index contributed by atoms with van der Waals surface area (Å²) < 4.78 is 2.10. The molecule has 1 atom stereocenters. The van der Waals surface area contributed by atoms with E-state index in [1.165, 1.54) is 25.1 Å². The molecule has 0 amide bonds. The Morgan fingerprint density at radius 1 is 1.45 bits per heavy atom. The first-order chi connectivity index (χ1) is 9.67. The van der Waals surface area contributed by atoms with Crippen LogP contribution in [0.5, 0.6) is 0 Å². The minimum absolute atomic E-state index is 0.572. The lowest BCUT2D eigenvalue weighted by atomic mass is 10.1. The van der Waals surface area contributed by atoms with E-state index in [1.807, 2.05) is 0 Å². The molecule has 1 fully saturated rings. The molecule has 0 radical (unpaired) electrons. The Balaban J connectivity index is 1.80. The second kappa shape index (κ2) is 5.54. The number of hydrogen-bond acceptors (Lipinski definition) is 3. The number of nitrogens with zero attached hydrogens (tertiary/aromatic N) is 3. The lowest BCUT2D eigenvalue weighted by Crippen LogP contribution is -2.36. The Hall–Kier alpha value is -1.39. The summed E-state index contributed by atoms with van der Waals surface area (Å²) in [5.74, 6) is 0. The SMILES string of the molecule is CC(C)N1CCCC1Cc1cn2ccc(CN)cc2n1. The first-order valence-corrected chi connectivity index (χ1v) is 7.59. The molecule has 20 heavy (non-hydrogen) atoms. The third-order valence-corrected chi connectivity index (χ3v) is 4.34. The maximum Gasteiger partial charge on any atom is 0.137 e. The highest BCUT2D eigenvalue weighted by Gasteiger charge is 2.27. The second-order valence-electron chi connectivity index (χ2n) is 6.07. The van der Waals surface area contributed by atoms with Gasteiger partial charge in [-0.1, -0.05) is 0 Å². The monoisotopic (exact) mass is 272 g/mol. The number of likely N-dealkylation sites (tertiary alicyclic amines) is 1. The van der Waals surface area contributed by atoms with Crippen LogP contribution in [0.3, 0.4) is 0 Å². The quantitative estimate of drug-likeness (QED) is 0.928. The molecule has 2 aromatic rings. The molecule has 0 aliphatic carbocycles. The number of hydrogen-bond donors (Lipinski definition) is 1. The summed E-state index contributed by atoms with van der Waals surface area (Å²) in [7, 11) is 0. The molecule has 0 spiro atoms. The number of rotatable bonds is 4. The van der Waals surface area contributed by atoms with Gasteiger partial charge in [-0.25, -0.2) is 4.98 Å². The molecule has 1 unspecified atom stereocenters. The van der Waals surface area contributed by atoms with Gasteiger partial charge in [0.25, 0.3) is 0 Å². The summed E-state index contributed by atoms with van der Waals surface area (Å²) in [4.78, 5) is 7.37. The van der Waals surface area contributed by atoms with Crippen molar-refractivity contribution in [3.8, 4) is 0 Å². The van der Waals surface area contributed by atoms with E-state index in [9.17, 15) is 0 Å². The highest BCUT2D eigenvalue weighted by Crippen LogP contribution is 2.23. The largest absolute Gasteiger partial charge is 0.326 e. The smallest absolute Gasteiger partial charge is 0.137 e. The third kappa shape index (κ3) is 2.58. The van der Waals surface area contributed by atoms with E-state index in [2.05, 4.69) is 47.7 Å². The molecular formula is C16H24N4. The predicted octanol–water partition coefficient (Wildman–Crippen LogP) is 2.21. The van der Waals surface area contributed by atoms with Gasteiger partial charge in [-0.15, -0.1) is 0 Å². The van der Waals surface area contributed by atoms with Crippen molar-refractivity contribution in [2.45, 2.75) is 51.7 Å². The fourth-order valence-corrected chi connectivity index (χ4v) is 3.30. The molecule has 1 aliphatic rings. The first kappa shape index (κ1) is 13.6. The summed E-state index contributed by atoms with van der Waals surface area (Å²) >= 11 is 0. The summed E-state index contributed by atoms with van der Waals surface area (Å²) in [6, 6.07) is 5.42. The average molecular weight is 272 g/mol. The maximum absolute atomic E-state index is 5.69. The van der Waals surface area contributed by atoms with Crippen LogP contribution in [0.4, 0.5) is 0 Å². The molecule has 2 N–H and O–H groups in total. The fraction of sp³-hybridized carbons (Fsp3) is 0.562. The van der Waals surface area contributed by atoms with Gasteiger partial charge >= 0.3 is 0 Å². The highest BCUT2D eigenvalue weighted by atomic mass is 15.2. The van der Waals surface area contributed by atoms with E-state index < -0.39 is 0 Å². The van der Waals surface area contributed by atoms with Gasteiger partial charge in [0.1, 0.15) is 5.65 Å². The number of nitrogens with two attached hydrogens (primary N) is 1. The van der Waals surface area contributed by atoms with Gasteiger partial charge in [-0.3, -0.25) is 4.90 Å². The fourth-order valence-electron chi connectivity index (χ4n) is 3.30. The molecule has 3 rings (SSSR count). The van der Waals surface area contributed by atoms with E-state index in [4.69, 9.17) is 10.7 Å². The molecule has 1 aliphatic heterocycles. The Morgan fingerprint density at radius 2 is 2.30 bits per heavy atom. The van der Waals surface area contributed by atoms with Crippen molar-refractivity contribution in [3.63, 3.8) is 0 Å². The minimum atomic E-state index is 0.572. The summed E-state index contributed by atoms with van der Waals surface area (Å²) in [6.07, 6.45) is 7.88. The zero-order valence-corrected chi connectivity index (χ0v) is 12.4. The summed E-state index contributed by atoms with van der Waals surface area (Å²) in [5, 5.41) is 0. The van der Waals surface area contributed by atoms with Crippen molar-refractivity contribution >= 4 is 5.65 Å². The van der Waals surface area contributed by atoms with Crippen molar-refractivity contribution in [2.75, 3.05) is 6.54 Å². The molecule has 1 saturated heterocycles. The van der Waals surface area contributed by atoms with E-state index >= 15 is 0 Å². The number of imidazole rings is 1. The van der Waals surface area contributed by atoms with Gasteiger partial charge in [0, 0.05) is 37.4 Å². The standard InChI is InChI=1S/C16H24N4/c1-12(2)20-6-3-4-15(20)9-14-11-19-7-5-13(10-17)8-16(19)18-14/h5,7-8,11-12,15H,3-4,6,9-10,17H2,1-2H3. The molecule has 4 heteroatoms. The van der Waals surface area contributed by atoms with Gasteiger partial charge in [-0.05, 0) is 50.9 Å². The van der Waals surface area contributed by atoms with Gasteiger partial charge in [-0.2, -0.15) is 0 Å². The van der Waals surface area contributed by atoms with E-state index in [0.29, 0.717) is 18.6 Å². The van der Waals surface area contributed by atoms with E-state index in [1.54, 1.807) is 0 Å². The first-order valence-electron chi connectivity index (χ1n) is 7.59. The van der Waals surface area contributed by atoms with Gasteiger partial charge in [0.2, 0.25) is 0 Å². The Kier molecular flexibility index (Phi) is 3.76. The third-order valence-electron chi connectivity index (χ3n) is 4.34. The van der Waals surface area contributed by atoms with Crippen LogP contribution < -0.4 is 5.73 Å². The number of aromatic nitrogens is 2. The summed E-state index contributed by atoms with van der Waals surface area (Å²) in [6.45, 7) is 6.38. The Labute approximate surface area is 120 Å². The zero-order chi connectivity index (χ0) is 14.1. The maximum atomic E-state index is 5.69. The van der Waals surface area contributed by atoms with Crippen LogP contribution >= 0.6 is 0 Å². The van der Waals surface area contributed by atoms with Crippen LogP contribution in [0.2, 0.25) is 0 Å². The van der Waals surface area contributed by atoms with Crippen molar-refractivity contribution < 1.29 is 0 Å². The lowest BCUT2D eigenvalue weighted by Gasteiger charge is -2.27. The second-order valence-corrected chi connectivity index (χ2v) is 6.07. The van der Waals surface area contributed by atoms with Crippen LogP contribution in [0, 0.1) is 0 Å². The number of pyridine rings is 1. The molecule has 0 aromatic carbocycles. The molecular weight excluding hydrogens is 248 g/mol.